The largest absolute Gasteiger partial charge is 0.472 e. The fraction of sp³-hybridized carbons (Fsp3) is 0.699. The number of rotatable bonds is 74. The summed E-state index contributed by atoms with van der Waals surface area (Å²) in [6, 6.07) is 0. The second-order valence-electron chi connectivity index (χ2n) is 26.1. The van der Waals surface area contributed by atoms with E-state index in [1.807, 2.05) is 0 Å². The van der Waals surface area contributed by atoms with Crippen LogP contribution in [-0.2, 0) is 55.8 Å². The van der Waals surface area contributed by atoms with Gasteiger partial charge >= 0.3 is 33.6 Å². The number of unbranched alkanes of at least 4 members (excludes halogenated alkanes) is 29. The first kappa shape index (κ1) is 96.7. The van der Waals surface area contributed by atoms with Gasteiger partial charge in [0, 0.05) is 19.3 Å². The van der Waals surface area contributed by atoms with E-state index in [-0.39, 0.29) is 19.3 Å². The number of aliphatic hydroxyl groups is 2. The van der Waals surface area contributed by atoms with Gasteiger partial charge in [-0.05, 0) is 116 Å². The summed E-state index contributed by atoms with van der Waals surface area (Å²) in [5.74, 6) is -1.61. The van der Waals surface area contributed by atoms with Crippen LogP contribution < -0.4 is 0 Å². The van der Waals surface area contributed by atoms with Crippen LogP contribution in [0.25, 0.3) is 0 Å². The standard InChI is InChI=1S/C83H142O16P2/c1-4-7-10-13-16-19-22-25-28-30-32-33-34-35-36-37-38-39-40-41-42-43-45-47-49-51-54-57-60-63-66-69-81(86)93-72-78(84)73-95-100(89,90)96-74-79(85)75-97-101(91,92)98-77-80(99-83(88)71-68-65-62-59-56-53-48-27-24-21-18-15-12-9-6-3)76-94-82(87)70-67-64-61-58-55-52-50-46-44-31-29-26-23-20-17-14-11-8-5-2/h7-8,10-11,16-17,19-20,25-26,28-29,32-33,35-36,38-39,44,46,52,55,78-80,84-85H,4-6,9,12-15,18,21-24,27,30-31,34,37,40-43,45,47-51,53-54,56-77H2,1-3H3,(H,89,90)(H,91,92)/b10-7-,11-8-,19-16-,20-17-,28-25-,29-26-,33-32-,36-35-,39-38-,46-44-,55-52-. The smallest absolute Gasteiger partial charge is 0.463 e. The molecule has 0 aliphatic heterocycles. The number of carbonyl (C=O) groups excluding carboxylic acids is 3. The van der Waals surface area contributed by atoms with Crippen LogP contribution in [0.4, 0.5) is 0 Å². The number of aliphatic hydroxyl groups excluding tert-OH is 2. The zero-order chi connectivity index (χ0) is 73.7. The molecular weight excluding hydrogens is 1310 g/mol. The second kappa shape index (κ2) is 75.4. The highest BCUT2D eigenvalue weighted by molar-refractivity contribution is 7.47. The topological polar surface area (TPSA) is 231 Å². The Balaban J connectivity index is 4.51. The summed E-state index contributed by atoms with van der Waals surface area (Å²) in [6.45, 7) is 2.43. The first-order valence-corrected chi connectivity index (χ1v) is 42.5. The van der Waals surface area contributed by atoms with Gasteiger partial charge in [-0.2, -0.15) is 0 Å². The Morgan fingerprint density at radius 1 is 0.287 bits per heavy atom. The van der Waals surface area contributed by atoms with E-state index in [4.69, 9.17) is 32.3 Å². The first-order valence-electron chi connectivity index (χ1n) is 39.5. The number of carbonyl (C=O) groups is 3. The molecule has 0 saturated heterocycles. The van der Waals surface area contributed by atoms with Gasteiger partial charge in [0.05, 0.1) is 26.4 Å². The molecule has 0 aliphatic rings. The van der Waals surface area contributed by atoms with Gasteiger partial charge in [0.15, 0.2) is 6.10 Å². The van der Waals surface area contributed by atoms with E-state index in [1.54, 1.807) is 0 Å². The Bertz CT molecular complexity index is 2370. The molecule has 0 spiro atoms. The number of esters is 3. The van der Waals surface area contributed by atoms with Crippen LogP contribution in [0.15, 0.2) is 134 Å². The molecule has 16 nitrogen and oxygen atoms in total. The summed E-state index contributed by atoms with van der Waals surface area (Å²) in [4.78, 5) is 58.6. The fourth-order valence-electron chi connectivity index (χ4n) is 10.4. The van der Waals surface area contributed by atoms with Crippen LogP contribution in [-0.4, -0.2) is 95.9 Å². The Hall–Kier alpha value is -4.31. The third kappa shape index (κ3) is 76.6. The van der Waals surface area contributed by atoms with Crippen molar-refractivity contribution in [3.05, 3.63) is 134 Å². The number of allylic oxidation sites excluding steroid dienone is 22. The summed E-state index contributed by atoms with van der Waals surface area (Å²) in [7, 11) is -9.80. The van der Waals surface area contributed by atoms with Gasteiger partial charge in [-0.1, -0.05) is 315 Å². The lowest BCUT2D eigenvalue weighted by molar-refractivity contribution is -0.161. The minimum absolute atomic E-state index is 0.0983. The molecule has 0 heterocycles. The third-order valence-corrected chi connectivity index (χ3v) is 18.3. The number of ether oxygens (including phenoxy) is 3. The van der Waals surface area contributed by atoms with Crippen molar-refractivity contribution in [2.24, 2.45) is 0 Å². The van der Waals surface area contributed by atoms with E-state index in [9.17, 15) is 43.5 Å². The number of phosphoric ester groups is 2. The Labute approximate surface area is 614 Å². The lowest BCUT2D eigenvalue weighted by Gasteiger charge is -2.21. The molecule has 0 aliphatic carbocycles. The fourth-order valence-corrected chi connectivity index (χ4v) is 12.0. The van der Waals surface area contributed by atoms with Gasteiger partial charge in [-0.3, -0.25) is 32.5 Å². The van der Waals surface area contributed by atoms with Crippen LogP contribution in [0.5, 0.6) is 0 Å². The molecular formula is C83H142O16P2. The van der Waals surface area contributed by atoms with Crippen molar-refractivity contribution in [2.75, 3.05) is 39.6 Å². The maximum absolute atomic E-state index is 13.0. The van der Waals surface area contributed by atoms with E-state index in [0.717, 1.165) is 141 Å². The SMILES string of the molecule is CC/C=C\C/C=C\C/C=C\C/C=C\C/C=C\C/C=C\CCCCCCCCCCCCCCC(=O)OCC(O)COP(=O)(O)OCC(O)COP(=O)(O)OCC(COC(=O)CCCCC/C=C\C/C=C\C/C=C\C/C=C\C/C=C\CC)OC(=O)CCCCCCCCCCCCCCCCC. The maximum atomic E-state index is 13.0. The summed E-state index contributed by atoms with van der Waals surface area (Å²) in [5, 5.41) is 20.6. The summed E-state index contributed by atoms with van der Waals surface area (Å²) < 4.78 is 61.1. The summed E-state index contributed by atoms with van der Waals surface area (Å²) >= 11 is 0. The molecule has 580 valence electrons. The Morgan fingerprint density at radius 2 is 0.525 bits per heavy atom. The third-order valence-electron chi connectivity index (χ3n) is 16.4. The number of hydrogen-bond donors (Lipinski definition) is 4. The predicted octanol–water partition coefficient (Wildman–Crippen LogP) is 23.1. The van der Waals surface area contributed by atoms with Gasteiger partial charge in [0.25, 0.3) is 0 Å². The molecule has 0 amide bonds. The molecule has 4 N–H and O–H groups in total. The van der Waals surface area contributed by atoms with Crippen LogP contribution in [0.3, 0.4) is 0 Å². The number of phosphoric acid groups is 2. The molecule has 0 saturated carbocycles. The summed E-state index contributed by atoms with van der Waals surface area (Å²) in [6.07, 6.45) is 90.7. The Morgan fingerprint density at radius 3 is 0.842 bits per heavy atom. The molecule has 101 heavy (non-hydrogen) atoms. The highest BCUT2D eigenvalue weighted by Crippen LogP contribution is 2.45. The van der Waals surface area contributed by atoms with Crippen molar-refractivity contribution in [3.63, 3.8) is 0 Å². The molecule has 0 aromatic rings. The summed E-state index contributed by atoms with van der Waals surface area (Å²) in [5.41, 5.74) is 0. The van der Waals surface area contributed by atoms with Gasteiger partial charge in [-0.15, -0.1) is 0 Å². The molecule has 0 aromatic carbocycles. The van der Waals surface area contributed by atoms with E-state index >= 15 is 0 Å². The van der Waals surface area contributed by atoms with E-state index in [2.05, 4.69) is 154 Å². The quantitative estimate of drug-likeness (QED) is 0.0146. The van der Waals surface area contributed by atoms with E-state index < -0.39 is 91.5 Å². The van der Waals surface area contributed by atoms with Crippen LogP contribution in [0, 0.1) is 0 Å². The maximum Gasteiger partial charge on any atom is 0.472 e. The van der Waals surface area contributed by atoms with Gasteiger partial charge in [0.1, 0.15) is 25.4 Å². The van der Waals surface area contributed by atoms with E-state index in [1.165, 1.54) is 116 Å². The zero-order valence-electron chi connectivity index (χ0n) is 63.3. The minimum atomic E-state index is -4.94. The lowest BCUT2D eigenvalue weighted by Crippen LogP contribution is -2.30. The van der Waals surface area contributed by atoms with Gasteiger partial charge in [-0.25, -0.2) is 9.13 Å². The zero-order valence-corrected chi connectivity index (χ0v) is 65.1. The molecule has 0 bridgehead atoms. The highest BCUT2D eigenvalue weighted by Gasteiger charge is 2.29. The average molecular weight is 1460 g/mol. The van der Waals surface area contributed by atoms with Crippen molar-refractivity contribution >= 4 is 33.6 Å². The molecule has 5 unspecified atom stereocenters. The van der Waals surface area contributed by atoms with Crippen molar-refractivity contribution in [2.45, 2.75) is 334 Å². The van der Waals surface area contributed by atoms with Crippen LogP contribution >= 0.6 is 15.6 Å². The van der Waals surface area contributed by atoms with Gasteiger partial charge < -0.3 is 34.2 Å². The normalized spacial score (nSPS) is 14.7. The molecule has 0 fully saturated rings. The second-order valence-corrected chi connectivity index (χ2v) is 29.0. The van der Waals surface area contributed by atoms with Crippen molar-refractivity contribution in [1.29, 1.82) is 0 Å². The van der Waals surface area contributed by atoms with Crippen LogP contribution in [0.1, 0.15) is 316 Å². The van der Waals surface area contributed by atoms with Crippen molar-refractivity contribution in [3.8, 4) is 0 Å². The highest BCUT2D eigenvalue weighted by atomic mass is 31.2. The molecule has 0 rings (SSSR count). The minimum Gasteiger partial charge on any atom is -0.463 e. The molecule has 5 atom stereocenters. The lowest BCUT2D eigenvalue weighted by atomic mass is 10.0. The van der Waals surface area contributed by atoms with Crippen molar-refractivity contribution in [1.82, 2.24) is 0 Å². The predicted molar refractivity (Wildman–Crippen MR) is 417 cm³/mol. The Kier molecular flexibility index (Phi) is 72.2. The van der Waals surface area contributed by atoms with E-state index in [0.29, 0.717) is 19.3 Å². The first-order chi connectivity index (χ1) is 49.2. The number of hydrogen-bond acceptors (Lipinski definition) is 14. The van der Waals surface area contributed by atoms with Gasteiger partial charge in [0.2, 0.25) is 0 Å². The van der Waals surface area contributed by atoms with Crippen molar-refractivity contribution < 1.29 is 75.8 Å². The molecule has 0 aromatic heterocycles. The monoisotopic (exact) mass is 1460 g/mol. The molecule has 18 heteroatoms. The molecule has 0 radical (unpaired) electrons. The van der Waals surface area contributed by atoms with Crippen LogP contribution in [0.2, 0.25) is 0 Å². The average Bonchev–Trinajstić information content (AvgIpc) is 0.980.